The minimum absolute atomic E-state index is 0.204. The number of hydrogen-bond acceptors (Lipinski definition) is 2. The van der Waals surface area contributed by atoms with Crippen molar-refractivity contribution in [2.24, 2.45) is 0 Å². The Bertz CT molecular complexity index is 668. The largest absolute Gasteiger partial charge is 0.490 e. The molecular formula is C17H16ClNO2. The van der Waals surface area contributed by atoms with Crippen LogP contribution in [-0.2, 0) is 0 Å². The minimum atomic E-state index is -0.204. The molecule has 2 aromatic rings. The summed E-state index contributed by atoms with van der Waals surface area (Å²) in [5, 5.41) is 3.47. The van der Waals surface area contributed by atoms with Crippen molar-refractivity contribution in [1.82, 2.24) is 0 Å². The van der Waals surface area contributed by atoms with Gasteiger partial charge in [-0.05, 0) is 42.8 Å². The second-order valence-corrected chi connectivity index (χ2v) is 4.90. The lowest BCUT2D eigenvalue weighted by atomic mass is 10.1. The highest BCUT2D eigenvalue weighted by molar-refractivity contribution is 6.31. The quantitative estimate of drug-likeness (QED) is 0.828. The van der Waals surface area contributed by atoms with Crippen LogP contribution in [0.2, 0.25) is 5.02 Å². The first-order valence-electron chi connectivity index (χ1n) is 6.52. The summed E-state index contributed by atoms with van der Waals surface area (Å²) >= 11 is 6.05. The van der Waals surface area contributed by atoms with Crippen molar-refractivity contribution in [3.05, 3.63) is 71.3 Å². The molecule has 4 heteroatoms. The normalized spacial score (nSPS) is 10.0. The monoisotopic (exact) mass is 301 g/mol. The lowest BCUT2D eigenvalue weighted by Gasteiger charge is -2.10. The van der Waals surface area contributed by atoms with Gasteiger partial charge in [-0.25, -0.2) is 0 Å². The van der Waals surface area contributed by atoms with Crippen LogP contribution in [0, 0.1) is 6.92 Å². The van der Waals surface area contributed by atoms with Gasteiger partial charge in [-0.1, -0.05) is 36.4 Å². The van der Waals surface area contributed by atoms with Gasteiger partial charge in [0.2, 0.25) is 0 Å². The molecule has 0 saturated carbocycles. The number of ether oxygens (including phenoxy) is 1. The molecule has 0 unspecified atom stereocenters. The summed E-state index contributed by atoms with van der Waals surface area (Å²) < 4.78 is 5.42. The molecular weight excluding hydrogens is 286 g/mol. The summed E-state index contributed by atoms with van der Waals surface area (Å²) in [6, 6.07) is 12.4. The van der Waals surface area contributed by atoms with Crippen molar-refractivity contribution in [3.8, 4) is 5.75 Å². The van der Waals surface area contributed by atoms with Crippen LogP contribution in [0.3, 0.4) is 0 Å². The number of amides is 1. The summed E-state index contributed by atoms with van der Waals surface area (Å²) in [4.78, 5) is 12.3. The molecule has 0 radical (unpaired) electrons. The van der Waals surface area contributed by atoms with Crippen LogP contribution in [-0.4, -0.2) is 12.5 Å². The van der Waals surface area contributed by atoms with E-state index in [2.05, 4.69) is 11.9 Å². The highest BCUT2D eigenvalue weighted by atomic mass is 35.5. The first-order chi connectivity index (χ1) is 10.1. The second kappa shape index (κ2) is 6.95. The molecule has 0 fully saturated rings. The second-order valence-electron chi connectivity index (χ2n) is 4.49. The van der Waals surface area contributed by atoms with E-state index in [4.69, 9.17) is 16.3 Å². The molecule has 0 aromatic heterocycles. The average molecular weight is 302 g/mol. The van der Waals surface area contributed by atoms with Gasteiger partial charge in [0.25, 0.3) is 5.91 Å². The Labute approximate surface area is 129 Å². The standard InChI is InChI=1S/C17H16ClNO2/c1-3-10-21-14-7-4-6-13(11-14)17(20)19-16-9-5-8-15(18)12(16)2/h3-9,11H,1,10H2,2H3,(H,19,20). The molecule has 21 heavy (non-hydrogen) atoms. The molecule has 1 N–H and O–H groups in total. The SMILES string of the molecule is C=CCOc1cccc(C(=O)Nc2cccc(Cl)c2C)c1. The van der Waals surface area contributed by atoms with Gasteiger partial charge in [0, 0.05) is 16.3 Å². The third kappa shape index (κ3) is 3.86. The molecule has 0 aliphatic rings. The number of anilines is 1. The number of rotatable bonds is 5. The zero-order valence-corrected chi connectivity index (χ0v) is 12.5. The van der Waals surface area contributed by atoms with Gasteiger partial charge in [-0.15, -0.1) is 0 Å². The van der Waals surface area contributed by atoms with E-state index in [-0.39, 0.29) is 5.91 Å². The van der Waals surface area contributed by atoms with Gasteiger partial charge in [0.05, 0.1) is 0 Å². The molecule has 3 nitrogen and oxygen atoms in total. The van der Waals surface area contributed by atoms with E-state index in [9.17, 15) is 4.79 Å². The first-order valence-corrected chi connectivity index (χ1v) is 6.90. The molecule has 0 bridgehead atoms. The van der Waals surface area contributed by atoms with Gasteiger partial charge in [-0.2, -0.15) is 0 Å². The van der Waals surface area contributed by atoms with Crippen molar-refractivity contribution in [1.29, 1.82) is 0 Å². The third-order valence-electron chi connectivity index (χ3n) is 2.98. The summed E-state index contributed by atoms with van der Waals surface area (Å²) in [6.07, 6.45) is 1.65. The minimum Gasteiger partial charge on any atom is -0.490 e. The average Bonchev–Trinajstić information content (AvgIpc) is 2.50. The Hall–Kier alpha value is -2.26. The van der Waals surface area contributed by atoms with Crippen molar-refractivity contribution < 1.29 is 9.53 Å². The molecule has 108 valence electrons. The summed E-state index contributed by atoms with van der Waals surface area (Å²) in [7, 11) is 0. The fraction of sp³-hybridized carbons (Fsp3) is 0.118. The molecule has 0 heterocycles. The molecule has 2 rings (SSSR count). The van der Waals surface area contributed by atoms with Crippen molar-refractivity contribution in [2.75, 3.05) is 11.9 Å². The summed E-state index contributed by atoms with van der Waals surface area (Å²) in [6.45, 7) is 5.85. The van der Waals surface area contributed by atoms with Gasteiger partial charge in [-0.3, -0.25) is 4.79 Å². The van der Waals surface area contributed by atoms with Crippen molar-refractivity contribution >= 4 is 23.2 Å². The summed E-state index contributed by atoms with van der Waals surface area (Å²) in [5.41, 5.74) is 2.06. The molecule has 0 atom stereocenters. The lowest BCUT2D eigenvalue weighted by Crippen LogP contribution is -2.13. The molecule has 0 saturated heterocycles. The van der Waals surface area contributed by atoms with E-state index < -0.39 is 0 Å². The highest BCUT2D eigenvalue weighted by Crippen LogP contribution is 2.24. The number of nitrogens with one attached hydrogen (secondary N) is 1. The van der Waals surface area contributed by atoms with Crippen molar-refractivity contribution in [3.63, 3.8) is 0 Å². The van der Waals surface area contributed by atoms with Crippen LogP contribution in [0.5, 0.6) is 5.75 Å². The Morgan fingerprint density at radius 2 is 2.10 bits per heavy atom. The smallest absolute Gasteiger partial charge is 0.255 e. The maximum Gasteiger partial charge on any atom is 0.255 e. The summed E-state index contributed by atoms with van der Waals surface area (Å²) in [5.74, 6) is 0.426. The van der Waals surface area contributed by atoms with Gasteiger partial charge >= 0.3 is 0 Å². The van der Waals surface area contributed by atoms with Crippen LogP contribution < -0.4 is 10.1 Å². The van der Waals surface area contributed by atoms with E-state index in [0.29, 0.717) is 28.6 Å². The number of carbonyl (C=O) groups is 1. The number of halogens is 1. The number of benzene rings is 2. The fourth-order valence-electron chi connectivity index (χ4n) is 1.82. The van der Waals surface area contributed by atoms with Crippen LogP contribution in [0.15, 0.2) is 55.1 Å². The van der Waals surface area contributed by atoms with E-state index in [1.807, 2.05) is 13.0 Å². The topological polar surface area (TPSA) is 38.3 Å². The maximum atomic E-state index is 12.3. The Balaban J connectivity index is 2.16. The molecule has 1 amide bonds. The third-order valence-corrected chi connectivity index (χ3v) is 3.39. The lowest BCUT2D eigenvalue weighted by molar-refractivity contribution is 0.102. The Morgan fingerprint density at radius 1 is 1.33 bits per heavy atom. The van der Waals surface area contributed by atoms with Crippen LogP contribution in [0.25, 0.3) is 0 Å². The van der Waals surface area contributed by atoms with Crippen LogP contribution in [0.4, 0.5) is 5.69 Å². The zero-order chi connectivity index (χ0) is 15.2. The molecule has 2 aromatic carbocycles. The highest BCUT2D eigenvalue weighted by Gasteiger charge is 2.09. The van der Waals surface area contributed by atoms with Gasteiger partial charge in [0.15, 0.2) is 0 Å². The predicted octanol–water partition coefficient (Wildman–Crippen LogP) is 4.47. The van der Waals surface area contributed by atoms with Crippen LogP contribution >= 0.6 is 11.6 Å². The Morgan fingerprint density at radius 3 is 2.86 bits per heavy atom. The number of hydrogen-bond donors (Lipinski definition) is 1. The van der Waals surface area contributed by atoms with E-state index in [1.165, 1.54) is 0 Å². The fourth-order valence-corrected chi connectivity index (χ4v) is 1.99. The Kier molecular flexibility index (Phi) is 5.01. The first kappa shape index (κ1) is 15.1. The number of carbonyl (C=O) groups excluding carboxylic acids is 1. The van der Waals surface area contributed by atoms with E-state index in [0.717, 1.165) is 5.56 Å². The van der Waals surface area contributed by atoms with Gasteiger partial charge in [0.1, 0.15) is 12.4 Å². The molecule has 0 aliphatic heterocycles. The van der Waals surface area contributed by atoms with Gasteiger partial charge < -0.3 is 10.1 Å². The van der Waals surface area contributed by atoms with E-state index in [1.54, 1.807) is 42.5 Å². The van der Waals surface area contributed by atoms with E-state index >= 15 is 0 Å². The predicted molar refractivity (Wildman–Crippen MR) is 86.3 cm³/mol. The van der Waals surface area contributed by atoms with Crippen molar-refractivity contribution in [2.45, 2.75) is 6.92 Å². The zero-order valence-electron chi connectivity index (χ0n) is 11.7. The molecule has 0 spiro atoms. The molecule has 0 aliphatic carbocycles. The maximum absolute atomic E-state index is 12.3. The van der Waals surface area contributed by atoms with Crippen LogP contribution in [0.1, 0.15) is 15.9 Å².